The molecular formula is C21H32N2O4. The molecule has 5 aliphatic carbocycles. The minimum Gasteiger partial charge on any atom is -0.481 e. The quantitative estimate of drug-likeness (QED) is 0.663. The van der Waals surface area contributed by atoms with Gasteiger partial charge in [-0.25, -0.2) is 0 Å². The van der Waals surface area contributed by atoms with Crippen molar-refractivity contribution in [2.75, 3.05) is 0 Å². The first kappa shape index (κ1) is 18.8. The van der Waals surface area contributed by atoms with Crippen LogP contribution in [0.1, 0.15) is 65.2 Å². The van der Waals surface area contributed by atoms with Gasteiger partial charge in [0.25, 0.3) is 0 Å². The van der Waals surface area contributed by atoms with Crippen molar-refractivity contribution in [3.63, 3.8) is 0 Å². The molecule has 5 fully saturated rings. The Hall–Kier alpha value is -1.59. The molecule has 0 spiro atoms. The Morgan fingerprint density at radius 3 is 1.89 bits per heavy atom. The lowest BCUT2D eigenvalue weighted by Crippen LogP contribution is -2.60. The minimum absolute atomic E-state index is 0.00166. The number of rotatable bonds is 6. The molecule has 0 heterocycles. The molecule has 5 rings (SSSR count). The summed E-state index contributed by atoms with van der Waals surface area (Å²) in [5, 5.41) is 15.0. The van der Waals surface area contributed by atoms with Crippen LogP contribution in [-0.2, 0) is 14.4 Å². The van der Waals surface area contributed by atoms with Gasteiger partial charge >= 0.3 is 5.97 Å². The van der Waals surface area contributed by atoms with Crippen LogP contribution in [0.2, 0.25) is 0 Å². The summed E-state index contributed by atoms with van der Waals surface area (Å²) < 4.78 is 0. The highest BCUT2D eigenvalue weighted by molar-refractivity contribution is 5.90. The van der Waals surface area contributed by atoms with Gasteiger partial charge in [-0.1, -0.05) is 13.8 Å². The molecule has 0 aromatic heterocycles. The highest BCUT2D eigenvalue weighted by Gasteiger charge is 2.55. The molecule has 6 heteroatoms. The predicted molar refractivity (Wildman–Crippen MR) is 99.7 cm³/mol. The molecule has 150 valence electrons. The van der Waals surface area contributed by atoms with E-state index in [0.29, 0.717) is 30.6 Å². The standard InChI is InChI=1S/C21H32N2O4/c1-11(2)17(18(24)22-16-6-15(7-16)19(25)26)23-20(27)21-8-12-3-13(9-21)5-14(4-12)10-21/h11-17H,3-10H2,1-2H3,(H,22,24)(H,23,27)(H,25,26). The summed E-state index contributed by atoms with van der Waals surface area (Å²) in [6, 6.07) is -0.634. The second-order valence-corrected chi connectivity index (χ2v) is 10.1. The van der Waals surface area contributed by atoms with E-state index < -0.39 is 12.0 Å². The maximum Gasteiger partial charge on any atom is 0.306 e. The van der Waals surface area contributed by atoms with Gasteiger partial charge in [0, 0.05) is 11.5 Å². The van der Waals surface area contributed by atoms with Crippen molar-refractivity contribution in [1.82, 2.24) is 10.6 Å². The van der Waals surface area contributed by atoms with Gasteiger partial charge in [0.15, 0.2) is 0 Å². The van der Waals surface area contributed by atoms with Crippen LogP contribution in [0.25, 0.3) is 0 Å². The Labute approximate surface area is 160 Å². The average Bonchev–Trinajstić information content (AvgIpc) is 2.53. The fourth-order valence-electron chi connectivity index (χ4n) is 6.45. The molecule has 3 N–H and O–H groups in total. The number of carbonyl (C=O) groups is 3. The van der Waals surface area contributed by atoms with E-state index >= 15 is 0 Å². The number of aliphatic carboxylic acids is 1. The summed E-state index contributed by atoms with van der Waals surface area (Å²) in [6.45, 7) is 3.90. The van der Waals surface area contributed by atoms with Gasteiger partial charge in [-0.05, 0) is 75.0 Å². The zero-order chi connectivity index (χ0) is 19.3. The summed E-state index contributed by atoms with van der Waals surface area (Å²) in [7, 11) is 0. The lowest BCUT2D eigenvalue weighted by Gasteiger charge is -2.55. The molecule has 1 atom stereocenters. The van der Waals surface area contributed by atoms with Gasteiger partial charge in [-0.15, -0.1) is 0 Å². The first-order valence-electron chi connectivity index (χ1n) is 10.6. The van der Waals surface area contributed by atoms with Crippen LogP contribution in [-0.4, -0.2) is 35.0 Å². The molecule has 4 bridgehead atoms. The molecule has 27 heavy (non-hydrogen) atoms. The van der Waals surface area contributed by atoms with Gasteiger partial charge in [-0.3, -0.25) is 14.4 Å². The molecule has 0 aromatic rings. The van der Waals surface area contributed by atoms with Gasteiger partial charge in [-0.2, -0.15) is 0 Å². The summed E-state index contributed by atoms with van der Waals surface area (Å²) in [5.41, 5.74) is -0.257. The molecule has 0 saturated heterocycles. The Morgan fingerprint density at radius 1 is 0.926 bits per heavy atom. The monoisotopic (exact) mass is 376 g/mol. The Kier molecular flexibility index (Phi) is 4.71. The molecule has 5 aliphatic rings. The SMILES string of the molecule is CC(C)C(NC(=O)C12CC3CC(CC(C3)C1)C2)C(=O)NC1CC(C(=O)O)C1. The van der Waals surface area contributed by atoms with Crippen LogP contribution in [0, 0.1) is 35.0 Å². The first-order valence-corrected chi connectivity index (χ1v) is 10.6. The molecule has 0 aromatic carbocycles. The van der Waals surface area contributed by atoms with Crippen molar-refractivity contribution in [3.05, 3.63) is 0 Å². The number of carboxylic acids is 1. The molecule has 0 radical (unpaired) electrons. The predicted octanol–water partition coefficient (Wildman–Crippen LogP) is 2.32. The lowest BCUT2D eigenvalue weighted by molar-refractivity contribution is -0.149. The minimum atomic E-state index is -0.795. The third kappa shape index (κ3) is 3.47. The second kappa shape index (κ2) is 6.78. The Morgan fingerprint density at radius 2 is 1.44 bits per heavy atom. The van der Waals surface area contributed by atoms with Gasteiger partial charge in [0.05, 0.1) is 5.92 Å². The maximum atomic E-state index is 13.3. The van der Waals surface area contributed by atoms with Gasteiger partial charge < -0.3 is 15.7 Å². The molecule has 0 aliphatic heterocycles. The van der Waals surface area contributed by atoms with E-state index in [1.54, 1.807) is 0 Å². The number of hydrogen-bond acceptors (Lipinski definition) is 3. The first-order chi connectivity index (χ1) is 12.8. The third-order valence-electron chi connectivity index (χ3n) is 7.59. The van der Waals surface area contributed by atoms with E-state index in [1.807, 2.05) is 13.8 Å². The highest BCUT2D eigenvalue weighted by Crippen LogP contribution is 2.60. The molecule has 1 unspecified atom stereocenters. The van der Waals surface area contributed by atoms with Crippen LogP contribution in [0.4, 0.5) is 0 Å². The fraction of sp³-hybridized carbons (Fsp3) is 0.857. The number of carboxylic acid groups (broad SMARTS) is 1. The van der Waals surface area contributed by atoms with Crippen molar-refractivity contribution in [1.29, 1.82) is 0 Å². The van der Waals surface area contributed by atoms with E-state index in [0.717, 1.165) is 19.3 Å². The van der Waals surface area contributed by atoms with Crippen LogP contribution in [0.3, 0.4) is 0 Å². The van der Waals surface area contributed by atoms with Crippen molar-refractivity contribution in [3.8, 4) is 0 Å². The van der Waals surface area contributed by atoms with Crippen LogP contribution in [0.15, 0.2) is 0 Å². The van der Waals surface area contributed by atoms with E-state index in [4.69, 9.17) is 5.11 Å². The average molecular weight is 376 g/mol. The van der Waals surface area contributed by atoms with Gasteiger partial charge in [0.2, 0.25) is 11.8 Å². The maximum absolute atomic E-state index is 13.3. The zero-order valence-corrected chi connectivity index (χ0v) is 16.4. The van der Waals surface area contributed by atoms with Crippen LogP contribution in [0.5, 0.6) is 0 Å². The Balaban J connectivity index is 1.38. The number of hydrogen-bond donors (Lipinski definition) is 3. The van der Waals surface area contributed by atoms with Crippen molar-refractivity contribution in [2.45, 2.75) is 77.3 Å². The van der Waals surface area contributed by atoms with E-state index in [9.17, 15) is 14.4 Å². The van der Waals surface area contributed by atoms with Crippen molar-refractivity contribution in [2.24, 2.45) is 35.0 Å². The number of nitrogens with one attached hydrogen (secondary N) is 2. The normalized spacial score (nSPS) is 40.3. The topological polar surface area (TPSA) is 95.5 Å². The van der Waals surface area contributed by atoms with Crippen LogP contribution >= 0.6 is 0 Å². The number of carbonyl (C=O) groups excluding carboxylic acids is 2. The molecule has 2 amide bonds. The largest absolute Gasteiger partial charge is 0.481 e. The second-order valence-electron chi connectivity index (χ2n) is 10.1. The van der Waals surface area contributed by atoms with E-state index in [2.05, 4.69) is 10.6 Å². The number of amides is 2. The van der Waals surface area contributed by atoms with Crippen LogP contribution < -0.4 is 10.6 Å². The smallest absolute Gasteiger partial charge is 0.306 e. The molecular weight excluding hydrogens is 344 g/mol. The van der Waals surface area contributed by atoms with E-state index in [1.165, 1.54) is 19.3 Å². The third-order valence-corrected chi connectivity index (χ3v) is 7.59. The lowest BCUT2D eigenvalue weighted by atomic mass is 9.49. The van der Waals surface area contributed by atoms with Crippen molar-refractivity contribution < 1.29 is 19.5 Å². The summed E-state index contributed by atoms with van der Waals surface area (Å²) in [4.78, 5) is 36.9. The molecule has 5 saturated carbocycles. The Bertz CT molecular complexity index is 603. The highest BCUT2D eigenvalue weighted by atomic mass is 16.4. The van der Waals surface area contributed by atoms with Gasteiger partial charge in [0.1, 0.15) is 6.04 Å². The summed E-state index contributed by atoms with van der Waals surface area (Å²) in [5.74, 6) is 0.830. The molecule has 6 nitrogen and oxygen atoms in total. The zero-order valence-electron chi connectivity index (χ0n) is 16.4. The summed E-state index contributed by atoms with van der Waals surface area (Å²) >= 11 is 0. The fourth-order valence-corrected chi connectivity index (χ4v) is 6.45. The van der Waals surface area contributed by atoms with E-state index in [-0.39, 0.29) is 35.1 Å². The van der Waals surface area contributed by atoms with Crippen molar-refractivity contribution >= 4 is 17.8 Å². The summed E-state index contributed by atoms with van der Waals surface area (Å²) in [6.07, 6.45) is 7.78.